The SMILES string of the molecule is CCC1CCC(CC)C(C)C1. The van der Waals surface area contributed by atoms with E-state index in [4.69, 9.17) is 0 Å². The molecule has 0 amide bonds. The molecule has 1 aliphatic rings. The molecule has 0 aromatic heterocycles. The van der Waals surface area contributed by atoms with Crippen LogP contribution in [0.4, 0.5) is 0 Å². The summed E-state index contributed by atoms with van der Waals surface area (Å²) in [5, 5.41) is 0. The fourth-order valence-corrected chi connectivity index (χ4v) is 2.55. The van der Waals surface area contributed by atoms with Crippen molar-refractivity contribution in [2.45, 2.75) is 52.9 Å². The van der Waals surface area contributed by atoms with Crippen LogP contribution >= 0.6 is 0 Å². The number of rotatable bonds is 2. The Hall–Kier alpha value is 0. The Labute approximate surface area is 71.4 Å². The van der Waals surface area contributed by atoms with E-state index in [-0.39, 0.29) is 0 Å². The fraction of sp³-hybridized carbons (Fsp3) is 1.00. The predicted octanol–water partition coefficient (Wildman–Crippen LogP) is 3.86. The summed E-state index contributed by atoms with van der Waals surface area (Å²) in [4.78, 5) is 0. The Morgan fingerprint density at radius 1 is 1.09 bits per heavy atom. The second-order valence-electron chi connectivity index (χ2n) is 4.23. The zero-order valence-electron chi connectivity index (χ0n) is 8.27. The van der Waals surface area contributed by atoms with E-state index in [1.165, 1.54) is 32.1 Å². The van der Waals surface area contributed by atoms with Gasteiger partial charge < -0.3 is 0 Å². The van der Waals surface area contributed by atoms with E-state index >= 15 is 0 Å². The third kappa shape index (κ3) is 2.21. The molecule has 0 aromatic rings. The average molecular weight is 154 g/mol. The summed E-state index contributed by atoms with van der Waals surface area (Å²) in [5.74, 6) is 3.09. The number of hydrogen-bond acceptors (Lipinski definition) is 0. The van der Waals surface area contributed by atoms with Gasteiger partial charge in [0.2, 0.25) is 0 Å². The zero-order chi connectivity index (χ0) is 8.27. The lowest BCUT2D eigenvalue weighted by Crippen LogP contribution is -2.21. The highest BCUT2D eigenvalue weighted by Crippen LogP contribution is 2.36. The van der Waals surface area contributed by atoms with Crippen LogP contribution in [-0.2, 0) is 0 Å². The van der Waals surface area contributed by atoms with E-state index in [0.717, 1.165) is 17.8 Å². The van der Waals surface area contributed by atoms with Crippen molar-refractivity contribution in [1.82, 2.24) is 0 Å². The van der Waals surface area contributed by atoms with Crippen molar-refractivity contribution < 1.29 is 0 Å². The highest BCUT2D eigenvalue weighted by Gasteiger charge is 2.24. The van der Waals surface area contributed by atoms with Crippen molar-refractivity contribution in [3.63, 3.8) is 0 Å². The van der Waals surface area contributed by atoms with Gasteiger partial charge in [-0.05, 0) is 30.6 Å². The molecule has 0 saturated heterocycles. The Kier molecular flexibility index (Phi) is 3.42. The van der Waals surface area contributed by atoms with Crippen LogP contribution in [0.3, 0.4) is 0 Å². The van der Waals surface area contributed by atoms with E-state index in [1.807, 2.05) is 0 Å². The van der Waals surface area contributed by atoms with Crippen molar-refractivity contribution >= 4 is 0 Å². The standard InChI is InChI=1S/C11H22/c1-4-10-6-7-11(5-2)9(3)8-10/h9-11H,4-8H2,1-3H3. The first-order valence-corrected chi connectivity index (χ1v) is 5.27. The van der Waals surface area contributed by atoms with Gasteiger partial charge in [0, 0.05) is 0 Å². The topological polar surface area (TPSA) is 0 Å². The third-order valence-corrected chi connectivity index (χ3v) is 3.56. The van der Waals surface area contributed by atoms with Crippen LogP contribution in [0, 0.1) is 17.8 Å². The summed E-state index contributed by atoms with van der Waals surface area (Å²) >= 11 is 0. The molecule has 0 heteroatoms. The molecule has 0 aliphatic heterocycles. The maximum Gasteiger partial charge on any atom is -0.0391 e. The largest absolute Gasteiger partial charge is 0.0651 e. The molecule has 0 aromatic carbocycles. The van der Waals surface area contributed by atoms with E-state index < -0.39 is 0 Å². The van der Waals surface area contributed by atoms with E-state index in [2.05, 4.69) is 20.8 Å². The second kappa shape index (κ2) is 4.13. The summed E-state index contributed by atoms with van der Waals surface area (Å²) in [6.45, 7) is 7.12. The van der Waals surface area contributed by atoms with Gasteiger partial charge in [-0.1, -0.05) is 40.0 Å². The van der Waals surface area contributed by atoms with Crippen molar-refractivity contribution in [3.05, 3.63) is 0 Å². The monoisotopic (exact) mass is 154 g/mol. The Morgan fingerprint density at radius 2 is 1.82 bits per heavy atom. The van der Waals surface area contributed by atoms with Crippen LogP contribution in [0.5, 0.6) is 0 Å². The first kappa shape index (κ1) is 9.09. The van der Waals surface area contributed by atoms with Crippen LogP contribution in [-0.4, -0.2) is 0 Å². The minimum atomic E-state index is 0.999. The lowest BCUT2D eigenvalue weighted by Gasteiger charge is -2.33. The minimum Gasteiger partial charge on any atom is -0.0651 e. The predicted molar refractivity (Wildman–Crippen MR) is 50.6 cm³/mol. The van der Waals surface area contributed by atoms with Gasteiger partial charge in [0.1, 0.15) is 0 Å². The van der Waals surface area contributed by atoms with Crippen LogP contribution in [0.15, 0.2) is 0 Å². The minimum absolute atomic E-state index is 0.999. The molecular weight excluding hydrogens is 132 g/mol. The van der Waals surface area contributed by atoms with E-state index in [0.29, 0.717) is 0 Å². The summed E-state index contributed by atoms with van der Waals surface area (Å²) in [7, 11) is 0. The van der Waals surface area contributed by atoms with Gasteiger partial charge in [0.15, 0.2) is 0 Å². The maximum atomic E-state index is 2.44. The maximum absolute atomic E-state index is 2.44. The molecule has 11 heavy (non-hydrogen) atoms. The molecular formula is C11H22. The lowest BCUT2D eigenvalue weighted by atomic mass is 9.73. The van der Waals surface area contributed by atoms with Crippen LogP contribution in [0.2, 0.25) is 0 Å². The highest BCUT2D eigenvalue weighted by molar-refractivity contribution is 4.76. The number of hydrogen-bond donors (Lipinski definition) is 0. The van der Waals surface area contributed by atoms with Gasteiger partial charge in [0.25, 0.3) is 0 Å². The van der Waals surface area contributed by atoms with Gasteiger partial charge in [-0.3, -0.25) is 0 Å². The normalized spacial score (nSPS) is 39.0. The summed E-state index contributed by atoms with van der Waals surface area (Å²) in [6.07, 6.45) is 7.29. The molecule has 0 radical (unpaired) electrons. The fourth-order valence-electron chi connectivity index (χ4n) is 2.55. The van der Waals surface area contributed by atoms with Gasteiger partial charge in [-0.2, -0.15) is 0 Å². The summed E-state index contributed by atoms with van der Waals surface area (Å²) in [5.41, 5.74) is 0. The highest BCUT2D eigenvalue weighted by atomic mass is 14.3. The third-order valence-electron chi connectivity index (χ3n) is 3.56. The Bertz CT molecular complexity index is 107. The molecule has 1 aliphatic carbocycles. The molecule has 0 N–H and O–H groups in total. The zero-order valence-corrected chi connectivity index (χ0v) is 8.27. The van der Waals surface area contributed by atoms with Gasteiger partial charge in [-0.15, -0.1) is 0 Å². The van der Waals surface area contributed by atoms with Gasteiger partial charge >= 0.3 is 0 Å². The molecule has 0 heterocycles. The van der Waals surface area contributed by atoms with Crippen molar-refractivity contribution in [2.24, 2.45) is 17.8 Å². The molecule has 1 saturated carbocycles. The molecule has 1 rings (SSSR count). The molecule has 3 unspecified atom stereocenters. The first-order valence-electron chi connectivity index (χ1n) is 5.27. The van der Waals surface area contributed by atoms with Gasteiger partial charge in [0.05, 0.1) is 0 Å². The summed E-state index contributed by atoms with van der Waals surface area (Å²) < 4.78 is 0. The molecule has 3 atom stereocenters. The van der Waals surface area contributed by atoms with E-state index in [1.54, 1.807) is 0 Å². The lowest BCUT2D eigenvalue weighted by molar-refractivity contribution is 0.186. The van der Waals surface area contributed by atoms with Crippen molar-refractivity contribution in [2.75, 3.05) is 0 Å². The van der Waals surface area contributed by atoms with Crippen molar-refractivity contribution in [1.29, 1.82) is 0 Å². The first-order chi connectivity index (χ1) is 5.27. The second-order valence-corrected chi connectivity index (χ2v) is 4.23. The molecule has 0 bridgehead atoms. The van der Waals surface area contributed by atoms with Crippen molar-refractivity contribution in [3.8, 4) is 0 Å². The quantitative estimate of drug-likeness (QED) is 0.566. The molecule has 66 valence electrons. The van der Waals surface area contributed by atoms with Gasteiger partial charge in [-0.25, -0.2) is 0 Å². The van der Waals surface area contributed by atoms with Crippen LogP contribution in [0.25, 0.3) is 0 Å². The Morgan fingerprint density at radius 3 is 2.27 bits per heavy atom. The summed E-state index contributed by atoms with van der Waals surface area (Å²) in [6, 6.07) is 0. The average Bonchev–Trinajstić information content (AvgIpc) is 2.04. The molecule has 1 fully saturated rings. The van der Waals surface area contributed by atoms with E-state index in [9.17, 15) is 0 Å². The molecule has 0 nitrogen and oxygen atoms in total. The Balaban J connectivity index is 2.34. The smallest absolute Gasteiger partial charge is 0.0391 e. The van der Waals surface area contributed by atoms with Crippen LogP contribution < -0.4 is 0 Å². The molecule has 0 spiro atoms. The van der Waals surface area contributed by atoms with Crippen LogP contribution in [0.1, 0.15) is 52.9 Å².